The van der Waals surface area contributed by atoms with Gasteiger partial charge in [0, 0.05) is 25.7 Å². The first kappa shape index (κ1) is 23.1. The Morgan fingerprint density at radius 3 is 2.82 bits per heavy atom. The van der Waals surface area contributed by atoms with E-state index in [-0.39, 0.29) is 17.4 Å². The Hall–Kier alpha value is -1.36. The molecular formula is C29H44N2O3. The quantitative estimate of drug-likeness (QED) is 0.512. The third-order valence-electron chi connectivity index (χ3n) is 11.2. The molecule has 0 radical (unpaired) electrons. The standard InChI is InChI=1S/C29H44N2O3/c1-3-33-18-19-6-8-21-20(17-19)7-9-23-22(21)12-13-29(2)24(23)10-11-25(29)28(32)31-15-4-5-26(31)27-30-14-16-34-27/h14,16,19-26H,3-13,15,17-18H2,1-2H3/t19?,20?,21?,22?,23?,24?,25-,26-,29?/m1/s1. The van der Waals surface area contributed by atoms with E-state index in [1.807, 2.05) is 0 Å². The Balaban J connectivity index is 1.15. The van der Waals surface area contributed by atoms with Gasteiger partial charge in [0.05, 0.1) is 6.20 Å². The van der Waals surface area contributed by atoms with E-state index in [1.165, 1.54) is 51.4 Å². The van der Waals surface area contributed by atoms with Crippen LogP contribution in [0.5, 0.6) is 0 Å². The van der Waals surface area contributed by atoms with Crippen LogP contribution in [0.2, 0.25) is 0 Å². The van der Waals surface area contributed by atoms with E-state index in [2.05, 4.69) is 23.7 Å². The summed E-state index contributed by atoms with van der Waals surface area (Å²) in [4.78, 5) is 20.5. The van der Waals surface area contributed by atoms with Crippen LogP contribution in [-0.2, 0) is 9.53 Å². The Bertz CT molecular complexity index is 856. The maximum Gasteiger partial charge on any atom is 0.226 e. The van der Waals surface area contributed by atoms with Gasteiger partial charge in [-0.05, 0) is 118 Å². The Labute approximate surface area is 205 Å². The maximum absolute atomic E-state index is 14.0. The zero-order chi connectivity index (χ0) is 23.3. The Morgan fingerprint density at radius 2 is 2.00 bits per heavy atom. The highest BCUT2D eigenvalue weighted by molar-refractivity contribution is 5.81. The van der Waals surface area contributed by atoms with Gasteiger partial charge < -0.3 is 14.1 Å². The number of oxazole rings is 1. The van der Waals surface area contributed by atoms with Crippen molar-refractivity contribution in [1.29, 1.82) is 0 Å². The number of hydrogen-bond donors (Lipinski definition) is 0. The number of nitrogens with zero attached hydrogens (tertiary/aromatic N) is 2. The molecule has 0 spiro atoms. The van der Waals surface area contributed by atoms with Crippen LogP contribution in [0.4, 0.5) is 0 Å². The number of ether oxygens (including phenoxy) is 1. The molecule has 6 rings (SSSR count). The lowest BCUT2D eigenvalue weighted by molar-refractivity contribution is -0.144. The Morgan fingerprint density at radius 1 is 1.12 bits per heavy atom. The van der Waals surface area contributed by atoms with E-state index in [0.29, 0.717) is 5.91 Å². The molecule has 1 saturated heterocycles. The van der Waals surface area contributed by atoms with Crippen molar-refractivity contribution in [2.24, 2.45) is 46.8 Å². The summed E-state index contributed by atoms with van der Waals surface area (Å²) in [6.07, 6.45) is 17.3. The third kappa shape index (κ3) is 3.76. The van der Waals surface area contributed by atoms with Crippen molar-refractivity contribution in [3.63, 3.8) is 0 Å². The highest BCUT2D eigenvalue weighted by Crippen LogP contribution is 2.64. The molecule has 5 nitrogen and oxygen atoms in total. The fourth-order valence-corrected chi connectivity index (χ4v) is 9.68. The molecule has 188 valence electrons. The van der Waals surface area contributed by atoms with Crippen molar-refractivity contribution in [3.05, 3.63) is 18.4 Å². The van der Waals surface area contributed by atoms with Gasteiger partial charge in [-0.2, -0.15) is 0 Å². The highest BCUT2D eigenvalue weighted by Gasteiger charge is 2.59. The van der Waals surface area contributed by atoms with Gasteiger partial charge in [-0.1, -0.05) is 6.92 Å². The predicted molar refractivity (Wildman–Crippen MR) is 131 cm³/mol. The Kier molecular flexibility index (Phi) is 6.28. The summed E-state index contributed by atoms with van der Waals surface area (Å²) in [5, 5.41) is 0. The van der Waals surface area contributed by atoms with Gasteiger partial charge in [0.25, 0.3) is 0 Å². The van der Waals surface area contributed by atoms with Crippen molar-refractivity contribution < 1.29 is 13.9 Å². The van der Waals surface area contributed by atoms with Crippen LogP contribution in [-0.4, -0.2) is 35.5 Å². The van der Waals surface area contributed by atoms with E-state index in [4.69, 9.17) is 9.15 Å². The SMILES string of the molecule is CCOCC1CCC2C(CCC3C2CCC2(C)C3CC[C@@H]2C(=O)N2CCC[C@@H]2c2ncco2)C1. The average Bonchev–Trinajstić information content (AvgIpc) is 3.61. The second kappa shape index (κ2) is 9.26. The van der Waals surface area contributed by atoms with Crippen molar-refractivity contribution in [2.45, 2.75) is 90.5 Å². The molecule has 5 aliphatic rings. The summed E-state index contributed by atoms with van der Waals surface area (Å²) < 4.78 is 11.4. The molecule has 4 saturated carbocycles. The smallest absolute Gasteiger partial charge is 0.226 e. The molecule has 2 heterocycles. The van der Waals surface area contributed by atoms with Crippen LogP contribution in [0.15, 0.2) is 16.9 Å². The highest BCUT2D eigenvalue weighted by atomic mass is 16.5. The summed E-state index contributed by atoms with van der Waals surface area (Å²) in [6, 6.07) is 0.0452. The molecule has 1 amide bonds. The summed E-state index contributed by atoms with van der Waals surface area (Å²) in [6.45, 7) is 7.30. The average molecular weight is 469 g/mol. The predicted octanol–water partition coefficient (Wildman–Crippen LogP) is 6.26. The molecule has 0 N–H and O–H groups in total. The number of amides is 1. The molecule has 1 aromatic heterocycles. The molecular weight excluding hydrogens is 424 g/mol. The summed E-state index contributed by atoms with van der Waals surface area (Å²) >= 11 is 0. The maximum atomic E-state index is 14.0. The molecule has 5 heteroatoms. The lowest BCUT2D eigenvalue weighted by Crippen LogP contribution is -2.51. The van der Waals surface area contributed by atoms with E-state index in [0.717, 1.165) is 80.4 Å². The third-order valence-corrected chi connectivity index (χ3v) is 11.2. The molecule has 0 aromatic carbocycles. The molecule has 1 aliphatic heterocycles. The second-order valence-electron chi connectivity index (χ2n) is 12.5. The molecule has 5 fully saturated rings. The number of hydrogen-bond acceptors (Lipinski definition) is 4. The normalized spacial score (nSPS) is 43.9. The van der Waals surface area contributed by atoms with E-state index < -0.39 is 0 Å². The fourth-order valence-electron chi connectivity index (χ4n) is 9.68. The minimum Gasteiger partial charge on any atom is -0.447 e. The van der Waals surface area contributed by atoms with Crippen LogP contribution in [0.25, 0.3) is 0 Å². The van der Waals surface area contributed by atoms with Crippen LogP contribution in [0, 0.1) is 46.8 Å². The second-order valence-corrected chi connectivity index (χ2v) is 12.5. The van der Waals surface area contributed by atoms with E-state index in [1.54, 1.807) is 12.5 Å². The number of likely N-dealkylation sites (tertiary alicyclic amines) is 1. The molecule has 1 aromatic rings. The summed E-state index contributed by atoms with van der Waals surface area (Å²) in [5.41, 5.74) is 0.182. The van der Waals surface area contributed by atoms with Gasteiger partial charge >= 0.3 is 0 Å². The zero-order valence-electron chi connectivity index (χ0n) is 21.3. The minimum absolute atomic E-state index is 0.0452. The molecule has 9 atom stereocenters. The van der Waals surface area contributed by atoms with Crippen LogP contribution < -0.4 is 0 Å². The van der Waals surface area contributed by atoms with Crippen molar-refractivity contribution >= 4 is 5.91 Å². The zero-order valence-corrected chi connectivity index (χ0v) is 21.3. The number of carbonyl (C=O) groups is 1. The minimum atomic E-state index is 0.0452. The topological polar surface area (TPSA) is 55.6 Å². The van der Waals surface area contributed by atoms with E-state index in [9.17, 15) is 4.79 Å². The van der Waals surface area contributed by atoms with Crippen LogP contribution in [0.3, 0.4) is 0 Å². The van der Waals surface area contributed by atoms with Gasteiger partial charge in [0.1, 0.15) is 12.3 Å². The van der Waals surface area contributed by atoms with Crippen molar-refractivity contribution in [2.75, 3.05) is 19.8 Å². The molecule has 7 unspecified atom stereocenters. The number of rotatable bonds is 5. The first-order chi connectivity index (χ1) is 16.6. The molecule has 4 aliphatic carbocycles. The first-order valence-corrected chi connectivity index (χ1v) is 14.4. The van der Waals surface area contributed by atoms with Gasteiger partial charge in [-0.15, -0.1) is 0 Å². The largest absolute Gasteiger partial charge is 0.447 e. The van der Waals surface area contributed by atoms with Crippen LogP contribution >= 0.6 is 0 Å². The van der Waals surface area contributed by atoms with Crippen LogP contribution in [0.1, 0.15) is 96.4 Å². The van der Waals surface area contributed by atoms with Gasteiger partial charge in [0.2, 0.25) is 11.8 Å². The van der Waals surface area contributed by atoms with Crippen molar-refractivity contribution in [3.8, 4) is 0 Å². The molecule has 0 bridgehead atoms. The first-order valence-electron chi connectivity index (χ1n) is 14.4. The fraction of sp³-hybridized carbons (Fsp3) is 0.862. The monoisotopic (exact) mass is 468 g/mol. The van der Waals surface area contributed by atoms with Gasteiger partial charge in [-0.25, -0.2) is 4.98 Å². The lowest BCUT2D eigenvalue weighted by atomic mass is 9.49. The number of fused-ring (bicyclic) bond motifs is 5. The lowest BCUT2D eigenvalue weighted by Gasteiger charge is -2.56. The van der Waals surface area contributed by atoms with Crippen molar-refractivity contribution in [1.82, 2.24) is 9.88 Å². The van der Waals surface area contributed by atoms with E-state index >= 15 is 0 Å². The number of carbonyl (C=O) groups excluding carboxylic acids is 1. The summed E-state index contributed by atoms with van der Waals surface area (Å²) in [7, 11) is 0. The van der Waals surface area contributed by atoms with Gasteiger partial charge in [-0.3, -0.25) is 4.79 Å². The summed E-state index contributed by atoms with van der Waals surface area (Å²) in [5.74, 6) is 6.46. The van der Waals surface area contributed by atoms with Gasteiger partial charge in [0.15, 0.2) is 0 Å². The number of aromatic nitrogens is 1. The molecule has 34 heavy (non-hydrogen) atoms.